The minimum Gasteiger partial charge on any atom is -0.495 e. The summed E-state index contributed by atoms with van der Waals surface area (Å²) >= 11 is 5.95. The number of methoxy groups -OCH3 is 1. The number of carbonyl (C=O) groups excluding carboxylic acids is 2. The molecular weight excluding hydrogens is 470 g/mol. The summed E-state index contributed by atoms with van der Waals surface area (Å²) in [6.45, 7) is 0.834. The summed E-state index contributed by atoms with van der Waals surface area (Å²) in [7, 11) is 2.58. The van der Waals surface area contributed by atoms with E-state index in [0.29, 0.717) is 0 Å². The van der Waals surface area contributed by atoms with Gasteiger partial charge in [-0.15, -0.1) is 0 Å². The number of benzene rings is 1. The van der Waals surface area contributed by atoms with Gasteiger partial charge < -0.3 is 20.1 Å². The Kier molecular flexibility index (Phi) is 6.85. The molecule has 0 bridgehead atoms. The van der Waals surface area contributed by atoms with Gasteiger partial charge in [0.15, 0.2) is 5.60 Å². The fraction of sp³-hybridized carbons (Fsp3) is 0.381. The van der Waals surface area contributed by atoms with Crippen LogP contribution in [0.2, 0.25) is 5.02 Å². The Morgan fingerprint density at radius 3 is 2.61 bits per heavy atom. The van der Waals surface area contributed by atoms with Crippen LogP contribution in [0.5, 0.6) is 5.75 Å². The molecule has 3 rings (SSSR count). The summed E-state index contributed by atoms with van der Waals surface area (Å²) < 4.78 is 65.6. The molecule has 0 unspecified atom stereocenters. The van der Waals surface area contributed by atoms with E-state index in [-0.39, 0.29) is 22.7 Å². The Morgan fingerprint density at radius 2 is 2.00 bits per heavy atom. The molecule has 7 nitrogen and oxygen atoms in total. The van der Waals surface area contributed by atoms with Gasteiger partial charge in [-0.05, 0) is 31.5 Å². The quantitative estimate of drug-likeness (QED) is 0.618. The maximum atomic E-state index is 13.9. The molecule has 1 aliphatic heterocycles. The Balaban J connectivity index is 2.00. The molecule has 2 aromatic rings. The van der Waals surface area contributed by atoms with Gasteiger partial charge in [0.2, 0.25) is 0 Å². The van der Waals surface area contributed by atoms with E-state index in [2.05, 4.69) is 15.6 Å². The zero-order chi connectivity index (χ0) is 24.6. The Bertz CT molecular complexity index is 1080. The third kappa shape index (κ3) is 4.74. The Morgan fingerprint density at radius 1 is 1.30 bits per heavy atom. The van der Waals surface area contributed by atoms with Gasteiger partial charge in [0, 0.05) is 30.4 Å². The predicted octanol–water partition coefficient (Wildman–Crippen LogP) is 4.07. The van der Waals surface area contributed by atoms with Gasteiger partial charge in [-0.2, -0.15) is 13.2 Å². The van der Waals surface area contributed by atoms with Crippen molar-refractivity contribution in [2.45, 2.75) is 37.1 Å². The van der Waals surface area contributed by atoms with Crippen molar-refractivity contribution < 1.29 is 36.6 Å². The highest BCUT2D eigenvalue weighted by Gasteiger charge is 2.61. The van der Waals surface area contributed by atoms with Crippen molar-refractivity contribution >= 4 is 29.1 Å². The number of amides is 2. The van der Waals surface area contributed by atoms with Crippen LogP contribution < -0.4 is 15.4 Å². The molecule has 2 amide bonds. The van der Waals surface area contributed by atoms with Crippen LogP contribution in [-0.4, -0.2) is 48.8 Å². The van der Waals surface area contributed by atoms with E-state index in [9.17, 15) is 27.2 Å². The minimum absolute atomic E-state index is 0.00805. The molecule has 1 saturated heterocycles. The molecule has 0 radical (unpaired) electrons. The number of aromatic nitrogens is 1. The van der Waals surface area contributed by atoms with Crippen LogP contribution in [-0.2, 0) is 9.53 Å². The zero-order valence-electron chi connectivity index (χ0n) is 17.7. The van der Waals surface area contributed by atoms with Gasteiger partial charge in [0.1, 0.15) is 28.4 Å². The van der Waals surface area contributed by atoms with Crippen LogP contribution in [0.1, 0.15) is 35.3 Å². The summed E-state index contributed by atoms with van der Waals surface area (Å²) in [5, 5.41) is 4.41. The van der Waals surface area contributed by atoms with Gasteiger partial charge >= 0.3 is 6.18 Å². The first kappa shape index (κ1) is 24.7. The first-order valence-electron chi connectivity index (χ1n) is 9.67. The lowest BCUT2D eigenvalue weighted by molar-refractivity contribution is -0.261. The smallest absolute Gasteiger partial charge is 0.417 e. The molecule has 178 valence electrons. The van der Waals surface area contributed by atoms with E-state index in [4.69, 9.17) is 21.1 Å². The molecule has 0 spiro atoms. The maximum Gasteiger partial charge on any atom is 0.417 e. The van der Waals surface area contributed by atoms with Crippen LogP contribution in [0.15, 0.2) is 30.5 Å². The molecule has 12 heteroatoms. The van der Waals surface area contributed by atoms with E-state index >= 15 is 0 Å². The number of hydrogen-bond acceptors (Lipinski definition) is 5. The van der Waals surface area contributed by atoms with Crippen LogP contribution >= 0.6 is 11.6 Å². The monoisotopic (exact) mass is 489 g/mol. The molecule has 1 fully saturated rings. The van der Waals surface area contributed by atoms with Gasteiger partial charge in [-0.3, -0.25) is 14.6 Å². The van der Waals surface area contributed by atoms with E-state index in [1.165, 1.54) is 38.6 Å². The normalized spacial score (nSPS) is 22.7. The number of anilines is 1. The molecule has 1 aliphatic rings. The van der Waals surface area contributed by atoms with Crippen LogP contribution in [0.25, 0.3) is 0 Å². The molecule has 2 heterocycles. The molecular formula is C21H20ClF4N3O4. The zero-order valence-corrected chi connectivity index (χ0v) is 18.5. The SMILES string of the molecule is CNC(=O)c1cc(NC(=O)[C@H]2O[C@@](C)(C(F)(F)F)C[C@H]2c2ccc(F)c(Cl)c2OC)ccn1. The lowest BCUT2D eigenvalue weighted by Gasteiger charge is -2.27. The Labute approximate surface area is 191 Å². The highest BCUT2D eigenvalue weighted by Crippen LogP contribution is 2.52. The summed E-state index contributed by atoms with van der Waals surface area (Å²) in [6.07, 6.45) is -5.79. The van der Waals surface area contributed by atoms with Crippen LogP contribution in [0.3, 0.4) is 0 Å². The maximum absolute atomic E-state index is 13.9. The summed E-state index contributed by atoms with van der Waals surface area (Å²) in [5.74, 6) is -3.58. The van der Waals surface area contributed by atoms with E-state index in [0.717, 1.165) is 13.0 Å². The van der Waals surface area contributed by atoms with Crippen molar-refractivity contribution in [3.05, 3.63) is 52.6 Å². The van der Waals surface area contributed by atoms with Crippen molar-refractivity contribution in [3.63, 3.8) is 0 Å². The molecule has 2 N–H and O–H groups in total. The second kappa shape index (κ2) is 9.14. The number of carbonyl (C=O) groups is 2. The number of rotatable bonds is 5. The highest BCUT2D eigenvalue weighted by molar-refractivity contribution is 6.32. The standard InChI is InChI=1S/C21H20ClF4N3O4/c1-20(21(24,25)26)9-12(11-4-5-13(23)15(22)16(11)32-3)17(33-20)19(31)29-10-6-7-28-14(8-10)18(30)27-2/h4-8,12,17H,9H2,1-3H3,(H,27,30)(H,28,29,31)/t12-,17-,20+/m0/s1. The van der Waals surface area contributed by atoms with Crippen LogP contribution in [0, 0.1) is 5.82 Å². The third-order valence-electron chi connectivity index (χ3n) is 5.39. The van der Waals surface area contributed by atoms with Gasteiger partial charge in [-0.25, -0.2) is 4.39 Å². The number of pyridine rings is 1. The number of hydrogen-bond donors (Lipinski definition) is 2. The number of nitrogens with one attached hydrogen (secondary N) is 2. The van der Waals surface area contributed by atoms with Crippen LogP contribution in [0.4, 0.5) is 23.2 Å². The average molecular weight is 490 g/mol. The van der Waals surface area contributed by atoms with E-state index in [1.54, 1.807) is 0 Å². The van der Waals surface area contributed by atoms with E-state index in [1.807, 2.05) is 0 Å². The summed E-state index contributed by atoms with van der Waals surface area (Å²) in [5.41, 5.74) is -2.44. The third-order valence-corrected chi connectivity index (χ3v) is 5.74. The highest BCUT2D eigenvalue weighted by atomic mass is 35.5. The van der Waals surface area contributed by atoms with Gasteiger partial charge in [0.05, 0.1) is 7.11 Å². The number of alkyl halides is 3. The topological polar surface area (TPSA) is 89.6 Å². The molecule has 33 heavy (non-hydrogen) atoms. The molecule has 1 aromatic heterocycles. The first-order valence-corrected chi connectivity index (χ1v) is 10.0. The van der Waals surface area contributed by atoms with Gasteiger partial charge in [0.25, 0.3) is 11.8 Å². The number of ether oxygens (including phenoxy) is 2. The lowest BCUT2D eigenvalue weighted by atomic mass is 9.86. The van der Waals surface area contributed by atoms with Gasteiger partial charge in [-0.1, -0.05) is 17.7 Å². The second-order valence-electron chi connectivity index (χ2n) is 7.56. The second-order valence-corrected chi connectivity index (χ2v) is 7.94. The van der Waals surface area contributed by atoms with Crippen molar-refractivity contribution in [3.8, 4) is 5.75 Å². The fourth-order valence-electron chi connectivity index (χ4n) is 3.65. The van der Waals surface area contributed by atoms with Crippen molar-refractivity contribution in [2.24, 2.45) is 0 Å². The lowest BCUT2D eigenvalue weighted by Crippen LogP contribution is -2.43. The van der Waals surface area contributed by atoms with E-state index < -0.39 is 52.9 Å². The number of halogens is 5. The molecule has 0 saturated carbocycles. The summed E-state index contributed by atoms with van der Waals surface area (Å²) in [4.78, 5) is 28.7. The molecule has 3 atom stereocenters. The fourth-order valence-corrected chi connectivity index (χ4v) is 3.90. The van der Waals surface area contributed by atoms with Crippen molar-refractivity contribution in [2.75, 3.05) is 19.5 Å². The Hall–Kier alpha value is -2.92. The number of nitrogens with zero attached hydrogens (tertiary/aromatic N) is 1. The van der Waals surface area contributed by atoms with Crippen molar-refractivity contribution in [1.29, 1.82) is 0 Å². The first-order chi connectivity index (χ1) is 15.4. The average Bonchev–Trinajstić information content (AvgIpc) is 3.14. The molecule has 0 aliphatic carbocycles. The summed E-state index contributed by atoms with van der Waals surface area (Å²) in [6, 6.07) is 4.83. The largest absolute Gasteiger partial charge is 0.495 e. The van der Waals surface area contributed by atoms with Crippen molar-refractivity contribution in [1.82, 2.24) is 10.3 Å². The predicted molar refractivity (Wildman–Crippen MR) is 111 cm³/mol. The minimum atomic E-state index is -4.79. The molecule has 1 aromatic carbocycles.